The number of H-pyrrole nitrogens is 1. The molecule has 0 radical (unpaired) electrons. The van der Waals surface area contributed by atoms with Crippen LogP contribution in [0.1, 0.15) is 55.2 Å². The molecule has 4 aromatic rings. The van der Waals surface area contributed by atoms with Crippen molar-refractivity contribution in [1.29, 1.82) is 0 Å². The van der Waals surface area contributed by atoms with Crippen LogP contribution in [0.2, 0.25) is 0 Å². The standard InChI is InChI=1S/C39H45N3O10/c1-26(2)41-22-33(42-21-27(3)36(46)40-37(42)47)52-38(23-41,24-50-35(45)20-19-34(43)44)25-51-39(28-9-7-6-8-10-28,29-11-15-31(48-4)16-12-29)30-13-17-32(49-5)18-14-30/h6-18,21,26,33H,19-20,22-25H2,1-5H3,(H,43,44)(H,40,46,47)/t33-,38-/m1/s1. The van der Waals surface area contributed by atoms with Crippen molar-refractivity contribution < 1.29 is 38.4 Å². The zero-order chi connectivity index (χ0) is 37.5. The second kappa shape index (κ2) is 16.4. The molecular formula is C39H45N3O10. The third kappa shape index (κ3) is 8.44. The maximum absolute atomic E-state index is 13.2. The van der Waals surface area contributed by atoms with Crippen molar-refractivity contribution in [1.82, 2.24) is 14.5 Å². The summed E-state index contributed by atoms with van der Waals surface area (Å²) in [7, 11) is 3.18. The molecule has 0 unspecified atom stereocenters. The average Bonchev–Trinajstić information content (AvgIpc) is 3.15. The van der Waals surface area contributed by atoms with Gasteiger partial charge in [0.05, 0.1) is 33.7 Å². The molecule has 1 aromatic heterocycles. The van der Waals surface area contributed by atoms with Gasteiger partial charge in [-0.25, -0.2) is 4.79 Å². The summed E-state index contributed by atoms with van der Waals surface area (Å²) < 4.78 is 32.1. The van der Waals surface area contributed by atoms with Crippen LogP contribution in [0.3, 0.4) is 0 Å². The number of carboxylic acids is 1. The molecule has 0 amide bonds. The topological polar surface area (TPSA) is 159 Å². The molecule has 0 bridgehead atoms. The number of rotatable bonds is 15. The Hall–Kier alpha value is -5.24. The van der Waals surface area contributed by atoms with Crippen LogP contribution < -0.4 is 20.7 Å². The molecule has 2 atom stereocenters. The highest BCUT2D eigenvalue weighted by Gasteiger charge is 2.48. The number of carbonyl (C=O) groups is 2. The lowest BCUT2D eigenvalue weighted by Gasteiger charge is -2.48. The first-order chi connectivity index (χ1) is 24.9. The monoisotopic (exact) mass is 715 g/mol. The van der Waals surface area contributed by atoms with Crippen molar-refractivity contribution in [3.05, 3.63) is 128 Å². The third-order valence-corrected chi connectivity index (χ3v) is 9.22. The predicted molar refractivity (Wildman–Crippen MR) is 192 cm³/mol. The number of nitrogens with zero attached hydrogens (tertiary/aromatic N) is 2. The number of esters is 1. The van der Waals surface area contributed by atoms with Crippen molar-refractivity contribution in [3.8, 4) is 11.5 Å². The van der Waals surface area contributed by atoms with Crippen LogP contribution in [-0.4, -0.2) is 83.7 Å². The Bertz CT molecular complexity index is 1890. The first-order valence-electron chi connectivity index (χ1n) is 17.0. The van der Waals surface area contributed by atoms with E-state index in [2.05, 4.69) is 9.88 Å². The maximum Gasteiger partial charge on any atom is 0.330 e. The Balaban J connectivity index is 1.66. The van der Waals surface area contributed by atoms with Gasteiger partial charge in [-0.15, -0.1) is 0 Å². The van der Waals surface area contributed by atoms with E-state index < -0.39 is 47.0 Å². The third-order valence-electron chi connectivity index (χ3n) is 9.22. The van der Waals surface area contributed by atoms with Crippen molar-refractivity contribution in [2.24, 2.45) is 0 Å². The highest BCUT2D eigenvalue weighted by molar-refractivity contribution is 5.76. The highest BCUT2D eigenvalue weighted by Crippen LogP contribution is 2.43. The minimum absolute atomic E-state index is 0.0462. The number of carboxylic acid groups (broad SMARTS) is 1. The van der Waals surface area contributed by atoms with Gasteiger partial charge in [-0.1, -0.05) is 54.6 Å². The number of aromatic amines is 1. The number of carbonyl (C=O) groups excluding carboxylic acids is 1. The first kappa shape index (κ1) is 38.0. The van der Waals surface area contributed by atoms with E-state index >= 15 is 0 Å². The lowest BCUT2D eigenvalue weighted by molar-refractivity contribution is -0.238. The van der Waals surface area contributed by atoms with Gasteiger partial charge < -0.3 is 28.8 Å². The van der Waals surface area contributed by atoms with Crippen LogP contribution >= 0.6 is 0 Å². The summed E-state index contributed by atoms with van der Waals surface area (Å²) >= 11 is 0. The molecule has 13 heteroatoms. The Morgan fingerprint density at radius 3 is 2.02 bits per heavy atom. The van der Waals surface area contributed by atoms with Gasteiger partial charge in [-0.05, 0) is 61.7 Å². The molecule has 2 N–H and O–H groups in total. The molecule has 1 fully saturated rings. The number of hydrogen-bond donors (Lipinski definition) is 2. The summed E-state index contributed by atoms with van der Waals surface area (Å²) in [6, 6.07) is 24.7. The first-order valence-corrected chi connectivity index (χ1v) is 17.0. The van der Waals surface area contributed by atoms with E-state index in [0.29, 0.717) is 17.1 Å². The Labute approximate surface area is 301 Å². The molecule has 5 rings (SSSR count). The number of morpholine rings is 1. The molecule has 1 saturated heterocycles. The van der Waals surface area contributed by atoms with Crippen molar-refractivity contribution >= 4 is 11.9 Å². The number of nitrogens with one attached hydrogen (secondary N) is 1. The molecule has 3 aromatic carbocycles. The van der Waals surface area contributed by atoms with Gasteiger partial charge in [0, 0.05) is 30.9 Å². The van der Waals surface area contributed by atoms with Gasteiger partial charge in [0.1, 0.15) is 29.3 Å². The minimum atomic E-state index is -1.39. The van der Waals surface area contributed by atoms with Crippen LogP contribution in [0, 0.1) is 6.92 Å². The van der Waals surface area contributed by atoms with Gasteiger partial charge in [0.25, 0.3) is 5.56 Å². The summed E-state index contributed by atoms with van der Waals surface area (Å²) in [6.07, 6.45) is -0.215. The zero-order valence-corrected chi connectivity index (χ0v) is 30.0. The Morgan fingerprint density at radius 2 is 1.48 bits per heavy atom. The maximum atomic E-state index is 13.2. The zero-order valence-electron chi connectivity index (χ0n) is 30.0. The second-order valence-electron chi connectivity index (χ2n) is 13.1. The summed E-state index contributed by atoms with van der Waals surface area (Å²) in [5.41, 5.74) is -1.19. The fourth-order valence-electron chi connectivity index (χ4n) is 6.34. The van der Waals surface area contributed by atoms with Crippen LogP contribution in [0.5, 0.6) is 11.5 Å². The quantitative estimate of drug-likeness (QED) is 0.134. The fourth-order valence-corrected chi connectivity index (χ4v) is 6.34. The number of ether oxygens (including phenoxy) is 5. The van der Waals surface area contributed by atoms with Crippen molar-refractivity contribution in [2.75, 3.05) is 40.5 Å². The molecule has 0 spiro atoms. The number of hydrogen-bond acceptors (Lipinski definition) is 10. The average molecular weight is 716 g/mol. The number of aryl methyl sites for hydroxylation is 1. The van der Waals surface area contributed by atoms with Crippen LogP contribution in [0.25, 0.3) is 0 Å². The molecule has 2 heterocycles. The van der Waals surface area contributed by atoms with Crippen LogP contribution in [0.15, 0.2) is 94.6 Å². The van der Waals surface area contributed by atoms with E-state index in [1.165, 1.54) is 10.8 Å². The van der Waals surface area contributed by atoms with Gasteiger partial charge >= 0.3 is 17.6 Å². The molecule has 0 aliphatic carbocycles. The van der Waals surface area contributed by atoms with Gasteiger partial charge in [0.2, 0.25) is 0 Å². The number of benzene rings is 3. The number of aromatic nitrogens is 2. The van der Waals surface area contributed by atoms with E-state index in [0.717, 1.165) is 16.7 Å². The summed E-state index contributed by atoms with van der Waals surface area (Å²) in [5.74, 6) is -0.551. The van der Waals surface area contributed by atoms with E-state index in [-0.39, 0.29) is 38.8 Å². The minimum Gasteiger partial charge on any atom is -0.497 e. The molecular weight excluding hydrogens is 670 g/mol. The molecule has 52 heavy (non-hydrogen) atoms. The Morgan fingerprint density at radius 1 is 0.904 bits per heavy atom. The van der Waals surface area contributed by atoms with Crippen molar-refractivity contribution in [3.63, 3.8) is 0 Å². The lowest BCUT2D eigenvalue weighted by atomic mass is 9.79. The number of aliphatic carboxylic acids is 1. The molecule has 276 valence electrons. The van der Waals surface area contributed by atoms with Crippen LogP contribution in [0.4, 0.5) is 0 Å². The normalized spacial score (nSPS) is 17.8. The largest absolute Gasteiger partial charge is 0.497 e. The van der Waals surface area contributed by atoms with E-state index in [4.69, 9.17) is 23.7 Å². The summed E-state index contributed by atoms with van der Waals surface area (Å²) in [6.45, 7) is 5.60. The summed E-state index contributed by atoms with van der Waals surface area (Å²) in [5, 5.41) is 9.19. The van der Waals surface area contributed by atoms with E-state index in [9.17, 15) is 24.3 Å². The lowest BCUT2D eigenvalue weighted by Crippen LogP contribution is -2.61. The van der Waals surface area contributed by atoms with E-state index in [1.807, 2.05) is 92.7 Å². The van der Waals surface area contributed by atoms with Gasteiger partial charge in [0.15, 0.2) is 6.23 Å². The van der Waals surface area contributed by atoms with Gasteiger partial charge in [-0.3, -0.25) is 28.8 Å². The predicted octanol–water partition coefficient (Wildman–Crippen LogP) is 4.26. The number of methoxy groups -OCH3 is 2. The molecule has 1 aliphatic rings. The molecule has 1 aliphatic heterocycles. The summed E-state index contributed by atoms with van der Waals surface area (Å²) in [4.78, 5) is 54.1. The smallest absolute Gasteiger partial charge is 0.330 e. The van der Waals surface area contributed by atoms with E-state index in [1.54, 1.807) is 21.1 Å². The second-order valence-corrected chi connectivity index (χ2v) is 13.1. The SMILES string of the molecule is COc1ccc(C(OC[C@]2(COC(=O)CCC(=O)O)CN(C(C)C)C[C@H](n3cc(C)c(=O)[nH]c3=O)O2)(c2ccccc2)c2ccc(OC)cc2)cc1. The van der Waals surface area contributed by atoms with Crippen LogP contribution in [-0.2, 0) is 29.4 Å². The fraction of sp³-hybridized carbons (Fsp3) is 0.385. The molecule has 13 nitrogen and oxygen atoms in total. The highest BCUT2D eigenvalue weighted by atomic mass is 16.6. The Kier molecular flexibility index (Phi) is 12.0. The van der Waals surface area contributed by atoms with Crippen molar-refractivity contribution in [2.45, 2.75) is 57.1 Å². The van der Waals surface area contributed by atoms with Gasteiger partial charge in [-0.2, -0.15) is 0 Å². The molecule has 0 saturated carbocycles.